The van der Waals surface area contributed by atoms with Gasteiger partial charge in [-0.15, -0.1) is 11.3 Å². The third kappa shape index (κ3) is 3.19. The molecule has 5 nitrogen and oxygen atoms in total. The molecule has 2 N–H and O–H groups in total. The van der Waals surface area contributed by atoms with Gasteiger partial charge in [0.05, 0.1) is 22.5 Å². The van der Waals surface area contributed by atoms with Gasteiger partial charge in [0, 0.05) is 5.56 Å². The summed E-state index contributed by atoms with van der Waals surface area (Å²) in [7, 11) is -2.64. The van der Waals surface area contributed by atoms with Gasteiger partial charge in [0.15, 0.2) is 0 Å². The van der Waals surface area contributed by atoms with E-state index in [1.807, 2.05) is 56.3 Å². The van der Waals surface area contributed by atoms with Gasteiger partial charge in [-0.2, -0.15) is 0 Å². The first-order valence-electron chi connectivity index (χ1n) is 8.45. The van der Waals surface area contributed by atoms with Crippen LogP contribution in [0.4, 0.5) is 0 Å². The second-order valence-electron chi connectivity index (χ2n) is 6.21. The molecule has 0 amide bonds. The molecule has 0 saturated carbocycles. The third-order valence-corrected chi connectivity index (χ3v) is 8.07. The van der Waals surface area contributed by atoms with Gasteiger partial charge in [-0.25, -0.2) is 4.98 Å². The SMILES string of the molecule is CCC(CC)(c1ccc(-c2nc3ccc(OC)cc3s2)cc1)P(=O)(O)O. The standard InChI is InChI=1S/C19H22NO4PS/c1-4-19(5-2,25(21,22)23)14-8-6-13(7-9-14)18-20-16-11-10-15(24-3)12-17(16)26-18/h6-12H,4-5H2,1-3H3,(H2,21,22,23). The zero-order valence-electron chi connectivity index (χ0n) is 15.0. The molecule has 0 aliphatic carbocycles. The normalized spacial score (nSPS) is 12.5. The predicted octanol–water partition coefficient (Wildman–Crippen LogP) is 5.16. The Hall–Kier alpha value is -1.72. The van der Waals surface area contributed by atoms with Crippen LogP contribution < -0.4 is 4.74 Å². The number of fused-ring (bicyclic) bond motifs is 1. The lowest BCUT2D eigenvalue weighted by molar-refractivity contribution is 0.315. The highest BCUT2D eigenvalue weighted by atomic mass is 32.1. The average molecular weight is 391 g/mol. The zero-order valence-corrected chi connectivity index (χ0v) is 16.7. The van der Waals surface area contributed by atoms with Crippen molar-refractivity contribution >= 4 is 29.1 Å². The summed E-state index contributed by atoms with van der Waals surface area (Å²) in [5.74, 6) is 0.792. The lowest BCUT2D eigenvalue weighted by atomic mass is 9.92. The van der Waals surface area contributed by atoms with Gasteiger partial charge in [-0.1, -0.05) is 38.1 Å². The number of benzene rings is 2. The molecule has 0 bridgehead atoms. The molecule has 0 spiro atoms. The Morgan fingerprint density at radius 2 is 1.77 bits per heavy atom. The van der Waals surface area contributed by atoms with Crippen LogP contribution in [-0.4, -0.2) is 21.9 Å². The first kappa shape index (κ1) is 19.1. The van der Waals surface area contributed by atoms with E-state index >= 15 is 0 Å². The maximum atomic E-state index is 12.1. The molecule has 2 aromatic carbocycles. The highest BCUT2D eigenvalue weighted by molar-refractivity contribution is 7.53. The van der Waals surface area contributed by atoms with Gasteiger partial charge in [-0.3, -0.25) is 4.57 Å². The molecule has 26 heavy (non-hydrogen) atoms. The molecule has 0 saturated heterocycles. The largest absolute Gasteiger partial charge is 0.497 e. The molecule has 3 aromatic rings. The van der Waals surface area contributed by atoms with Gasteiger partial charge in [0.1, 0.15) is 10.8 Å². The quantitative estimate of drug-likeness (QED) is 0.567. The van der Waals surface area contributed by atoms with E-state index in [4.69, 9.17) is 4.74 Å². The Kier molecular flexibility index (Phi) is 5.22. The minimum absolute atomic E-state index is 0.383. The van der Waals surface area contributed by atoms with Gasteiger partial charge in [0.2, 0.25) is 0 Å². The van der Waals surface area contributed by atoms with Crippen LogP contribution in [0, 0.1) is 0 Å². The van der Waals surface area contributed by atoms with Crippen LogP contribution in [0.15, 0.2) is 42.5 Å². The van der Waals surface area contributed by atoms with Crippen LogP contribution in [0.3, 0.4) is 0 Å². The van der Waals surface area contributed by atoms with Gasteiger partial charge < -0.3 is 14.5 Å². The average Bonchev–Trinajstić information content (AvgIpc) is 3.05. The molecule has 0 radical (unpaired) electrons. The van der Waals surface area contributed by atoms with Gasteiger partial charge in [-0.05, 0) is 36.6 Å². The summed E-state index contributed by atoms with van der Waals surface area (Å²) in [4.78, 5) is 24.5. The second-order valence-corrected chi connectivity index (χ2v) is 9.19. The van der Waals surface area contributed by atoms with Crippen molar-refractivity contribution in [2.24, 2.45) is 0 Å². The van der Waals surface area contributed by atoms with E-state index in [1.54, 1.807) is 18.4 Å². The number of rotatable bonds is 6. The fraction of sp³-hybridized carbons (Fsp3) is 0.316. The third-order valence-electron chi connectivity index (χ3n) is 4.99. The molecule has 7 heteroatoms. The van der Waals surface area contributed by atoms with E-state index < -0.39 is 12.8 Å². The fourth-order valence-electron chi connectivity index (χ4n) is 3.32. The number of methoxy groups -OCH3 is 1. The van der Waals surface area contributed by atoms with E-state index in [1.165, 1.54) is 0 Å². The summed E-state index contributed by atoms with van der Waals surface area (Å²) in [6, 6.07) is 13.2. The minimum Gasteiger partial charge on any atom is -0.497 e. The maximum Gasteiger partial charge on any atom is 0.335 e. The number of ether oxygens (including phenoxy) is 1. The van der Waals surface area contributed by atoms with Crippen molar-refractivity contribution in [3.05, 3.63) is 48.0 Å². The van der Waals surface area contributed by atoms with Crippen molar-refractivity contribution in [3.63, 3.8) is 0 Å². The molecule has 138 valence electrons. The first-order chi connectivity index (χ1) is 12.3. The van der Waals surface area contributed by atoms with Gasteiger partial charge >= 0.3 is 7.60 Å². The number of hydrogen-bond acceptors (Lipinski definition) is 4. The van der Waals surface area contributed by atoms with Crippen molar-refractivity contribution in [1.29, 1.82) is 0 Å². The highest BCUT2D eigenvalue weighted by Crippen LogP contribution is 2.60. The smallest absolute Gasteiger partial charge is 0.335 e. The Balaban J connectivity index is 2.00. The summed E-state index contributed by atoms with van der Waals surface area (Å²) in [5.41, 5.74) is 2.50. The molecule has 3 rings (SSSR count). The van der Waals surface area contributed by atoms with E-state index in [-0.39, 0.29) is 0 Å². The number of nitrogens with zero attached hydrogens (tertiary/aromatic N) is 1. The van der Waals surface area contributed by atoms with Crippen molar-refractivity contribution in [3.8, 4) is 16.3 Å². The Morgan fingerprint density at radius 1 is 1.12 bits per heavy atom. The van der Waals surface area contributed by atoms with Crippen LogP contribution in [0.5, 0.6) is 5.75 Å². The Labute approximate surface area is 156 Å². The highest BCUT2D eigenvalue weighted by Gasteiger charge is 2.45. The monoisotopic (exact) mass is 391 g/mol. The first-order valence-corrected chi connectivity index (χ1v) is 10.9. The molecule has 0 fully saturated rings. The van der Waals surface area contributed by atoms with E-state index in [0.29, 0.717) is 18.4 Å². The molecule has 1 heterocycles. The van der Waals surface area contributed by atoms with Crippen LogP contribution in [0.2, 0.25) is 0 Å². The summed E-state index contributed by atoms with van der Waals surface area (Å²) in [6.07, 6.45) is 0.766. The molecule has 1 aromatic heterocycles. The number of thiazole rings is 1. The Morgan fingerprint density at radius 3 is 2.31 bits per heavy atom. The summed E-state index contributed by atoms with van der Waals surface area (Å²) in [5, 5.41) is -0.262. The van der Waals surface area contributed by atoms with Crippen LogP contribution in [0.1, 0.15) is 32.3 Å². The molecular formula is C19H22NO4PS. The van der Waals surface area contributed by atoms with Crippen LogP contribution in [-0.2, 0) is 9.72 Å². The van der Waals surface area contributed by atoms with Crippen molar-refractivity contribution in [2.75, 3.05) is 7.11 Å². The zero-order chi connectivity index (χ0) is 18.9. The summed E-state index contributed by atoms with van der Waals surface area (Å²) >= 11 is 1.57. The lowest BCUT2D eigenvalue weighted by Gasteiger charge is -2.32. The molecule has 0 aliphatic heterocycles. The molecule has 0 atom stereocenters. The maximum absolute atomic E-state index is 12.1. The Bertz CT molecular complexity index is 957. The van der Waals surface area contributed by atoms with Crippen molar-refractivity contribution in [1.82, 2.24) is 4.98 Å². The topological polar surface area (TPSA) is 79.7 Å². The fourth-order valence-corrected chi connectivity index (χ4v) is 5.63. The van der Waals surface area contributed by atoms with E-state index in [0.717, 1.165) is 26.5 Å². The predicted molar refractivity (Wildman–Crippen MR) is 106 cm³/mol. The van der Waals surface area contributed by atoms with Gasteiger partial charge in [0.25, 0.3) is 0 Å². The lowest BCUT2D eigenvalue weighted by Crippen LogP contribution is -2.24. The van der Waals surface area contributed by atoms with Crippen LogP contribution >= 0.6 is 18.9 Å². The van der Waals surface area contributed by atoms with Crippen molar-refractivity contribution in [2.45, 2.75) is 31.8 Å². The van der Waals surface area contributed by atoms with E-state index in [2.05, 4.69) is 4.98 Å². The number of hydrogen-bond donors (Lipinski definition) is 2. The number of aromatic nitrogens is 1. The van der Waals surface area contributed by atoms with Crippen LogP contribution in [0.25, 0.3) is 20.8 Å². The molecule has 0 aliphatic rings. The summed E-state index contributed by atoms with van der Waals surface area (Å²) < 4.78 is 18.4. The summed E-state index contributed by atoms with van der Waals surface area (Å²) in [6.45, 7) is 3.63. The minimum atomic E-state index is -4.28. The van der Waals surface area contributed by atoms with Crippen molar-refractivity contribution < 1.29 is 19.1 Å². The second kappa shape index (κ2) is 7.12. The molecular weight excluding hydrogens is 369 g/mol. The van der Waals surface area contributed by atoms with E-state index in [9.17, 15) is 14.4 Å². The molecule has 0 unspecified atom stereocenters.